The van der Waals surface area contributed by atoms with E-state index in [1.54, 1.807) is 66.9 Å². The first kappa shape index (κ1) is 27.8. The van der Waals surface area contributed by atoms with Crippen molar-refractivity contribution in [2.24, 2.45) is 11.8 Å². The monoisotopic (exact) mass is 531 g/mol. The fourth-order valence-electron chi connectivity index (χ4n) is 5.19. The molecule has 3 aromatic rings. The molecule has 9 heteroatoms. The molecular formula is C30H33N3O6. The molecule has 204 valence electrons. The largest absolute Gasteiger partial charge is 0.492 e. The minimum Gasteiger partial charge on any atom is -0.492 e. The molecule has 2 amide bonds. The highest BCUT2D eigenvalue weighted by atomic mass is 16.5. The summed E-state index contributed by atoms with van der Waals surface area (Å²) in [5, 5.41) is 17.2. The van der Waals surface area contributed by atoms with Crippen LogP contribution in [0.25, 0.3) is 0 Å². The molecule has 0 radical (unpaired) electrons. The number of aromatic nitrogens is 1. The Hall–Kier alpha value is -4.24. The Morgan fingerprint density at radius 2 is 1.49 bits per heavy atom. The molecule has 4 rings (SSSR count). The quantitative estimate of drug-likeness (QED) is 0.353. The lowest BCUT2D eigenvalue weighted by molar-refractivity contribution is -0.150. The number of rotatable bonds is 9. The van der Waals surface area contributed by atoms with Gasteiger partial charge in [0.1, 0.15) is 23.2 Å². The van der Waals surface area contributed by atoms with Crippen LogP contribution in [-0.4, -0.2) is 46.5 Å². The Morgan fingerprint density at radius 1 is 0.923 bits per heavy atom. The number of ether oxygens (including phenoxy) is 2. The number of carbonyl (C=O) groups is 3. The molecule has 1 aromatic heterocycles. The van der Waals surface area contributed by atoms with Crippen molar-refractivity contribution in [1.29, 1.82) is 0 Å². The van der Waals surface area contributed by atoms with E-state index in [1.165, 1.54) is 13.1 Å². The molecule has 9 nitrogen and oxygen atoms in total. The van der Waals surface area contributed by atoms with Gasteiger partial charge in [-0.1, -0.05) is 30.3 Å². The molecule has 0 aliphatic heterocycles. The topological polar surface area (TPSA) is 127 Å². The molecule has 4 atom stereocenters. The van der Waals surface area contributed by atoms with Gasteiger partial charge in [0.15, 0.2) is 0 Å². The molecule has 4 unspecified atom stereocenters. The van der Waals surface area contributed by atoms with Crippen LogP contribution in [0, 0.1) is 11.8 Å². The molecular weight excluding hydrogens is 498 g/mol. The number of Topliss-reactive ketones (excluding diaryl/α,β-unsaturated/α-hetero) is 1. The highest BCUT2D eigenvalue weighted by molar-refractivity contribution is 6.11. The predicted molar refractivity (Wildman–Crippen MR) is 147 cm³/mol. The van der Waals surface area contributed by atoms with Gasteiger partial charge in [0, 0.05) is 24.7 Å². The van der Waals surface area contributed by atoms with Crippen LogP contribution in [0.15, 0.2) is 73.1 Å². The van der Waals surface area contributed by atoms with E-state index < -0.39 is 41.0 Å². The number of nitrogens with one attached hydrogen (secondary N) is 2. The van der Waals surface area contributed by atoms with Crippen molar-refractivity contribution in [2.45, 2.75) is 38.7 Å². The van der Waals surface area contributed by atoms with E-state index in [0.717, 1.165) is 0 Å². The van der Waals surface area contributed by atoms with Crippen LogP contribution in [0.5, 0.6) is 11.5 Å². The van der Waals surface area contributed by atoms with E-state index in [1.807, 2.05) is 13.8 Å². The zero-order chi connectivity index (χ0) is 28.0. The second-order valence-corrected chi connectivity index (χ2v) is 9.60. The Labute approximate surface area is 227 Å². The molecule has 1 saturated carbocycles. The molecule has 1 fully saturated rings. The number of carbonyl (C=O) groups excluding carboxylic acids is 3. The Balaban J connectivity index is 1.74. The van der Waals surface area contributed by atoms with E-state index in [0.29, 0.717) is 41.7 Å². The molecule has 1 heterocycles. The van der Waals surface area contributed by atoms with Gasteiger partial charge in [-0.05, 0) is 56.7 Å². The van der Waals surface area contributed by atoms with Crippen molar-refractivity contribution < 1.29 is 29.0 Å². The van der Waals surface area contributed by atoms with Gasteiger partial charge in [0.25, 0.3) is 0 Å². The standard InChI is InChI=1S/C30H33N3O6/c1-4-38-23-14-8-6-12-20(23)32-28(35)26-22(34)17-30(3,37)27(25(26)19-11-10-16-31-18-19)29(36)33-21-13-7-9-15-24(21)39-5-2/h6-16,18,25-27,37H,4-5,17H2,1-3H3,(H,32,35)(H,33,36). The number of nitrogens with zero attached hydrogens (tertiary/aromatic N) is 1. The highest BCUT2D eigenvalue weighted by Crippen LogP contribution is 2.47. The normalized spacial score (nSPS) is 22.6. The molecule has 39 heavy (non-hydrogen) atoms. The lowest BCUT2D eigenvalue weighted by Crippen LogP contribution is -2.56. The smallest absolute Gasteiger partial charge is 0.235 e. The molecule has 2 aromatic carbocycles. The van der Waals surface area contributed by atoms with E-state index in [2.05, 4.69) is 15.6 Å². The van der Waals surface area contributed by atoms with Crippen LogP contribution in [-0.2, 0) is 14.4 Å². The number of ketones is 1. The van der Waals surface area contributed by atoms with Crippen LogP contribution in [0.3, 0.4) is 0 Å². The lowest BCUT2D eigenvalue weighted by atomic mass is 9.61. The second-order valence-electron chi connectivity index (χ2n) is 9.60. The molecule has 1 aliphatic rings. The van der Waals surface area contributed by atoms with Gasteiger partial charge < -0.3 is 25.2 Å². The predicted octanol–water partition coefficient (Wildman–Crippen LogP) is 4.20. The second kappa shape index (κ2) is 12.1. The minimum atomic E-state index is -1.73. The number of pyridine rings is 1. The zero-order valence-corrected chi connectivity index (χ0v) is 22.2. The van der Waals surface area contributed by atoms with Gasteiger partial charge in [-0.3, -0.25) is 19.4 Å². The third-order valence-corrected chi connectivity index (χ3v) is 6.79. The van der Waals surface area contributed by atoms with Crippen LogP contribution in [0.4, 0.5) is 11.4 Å². The maximum atomic E-state index is 13.9. The first-order valence-electron chi connectivity index (χ1n) is 13.0. The van der Waals surface area contributed by atoms with Crippen molar-refractivity contribution in [3.05, 3.63) is 78.6 Å². The van der Waals surface area contributed by atoms with Gasteiger partial charge in [-0.15, -0.1) is 0 Å². The average molecular weight is 532 g/mol. The summed E-state index contributed by atoms with van der Waals surface area (Å²) >= 11 is 0. The van der Waals surface area contributed by atoms with Crippen LogP contribution in [0.1, 0.15) is 38.7 Å². The molecule has 0 spiro atoms. The van der Waals surface area contributed by atoms with Crippen molar-refractivity contribution in [1.82, 2.24) is 4.98 Å². The summed E-state index contributed by atoms with van der Waals surface area (Å²) in [7, 11) is 0. The summed E-state index contributed by atoms with van der Waals surface area (Å²) in [4.78, 5) is 45.3. The number of anilines is 2. The Morgan fingerprint density at radius 3 is 2.03 bits per heavy atom. The summed E-state index contributed by atoms with van der Waals surface area (Å²) in [6.45, 7) is 5.90. The number of aliphatic hydroxyl groups is 1. The fraction of sp³-hybridized carbons (Fsp3) is 0.333. The minimum absolute atomic E-state index is 0.375. The SMILES string of the molecule is CCOc1ccccc1NC(=O)C1C(=O)CC(C)(O)C(C(=O)Nc2ccccc2OCC)C1c1cccnc1. The summed E-state index contributed by atoms with van der Waals surface area (Å²) in [5.41, 5.74) is -0.413. The first-order valence-corrected chi connectivity index (χ1v) is 13.0. The van der Waals surface area contributed by atoms with Gasteiger partial charge in [-0.25, -0.2) is 0 Å². The zero-order valence-electron chi connectivity index (χ0n) is 22.2. The van der Waals surface area contributed by atoms with Crippen LogP contribution >= 0.6 is 0 Å². The van der Waals surface area contributed by atoms with Crippen molar-refractivity contribution in [2.75, 3.05) is 23.8 Å². The maximum Gasteiger partial charge on any atom is 0.235 e. The fourth-order valence-corrected chi connectivity index (χ4v) is 5.19. The molecule has 1 aliphatic carbocycles. The van der Waals surface area contributed by atoms with Gasteiger partial charge >= 0.3 is 0 Å². The van der Waals surface area contributed by atoms with Gasteiger partial charge in [0.2, 0.25) is 11.8 Å². The molecule has 0 bridgehead atoms. The lowest BCUT2D eigenvalue weighted by Gasteiger charge is -2.44. The molecule has 0 saturated heterocycles. The van der Waals surface area contributed by atoms with E-state index in [-0.39, 0.29) is 6.42 Å². The average Bonchev–Trinajstić information content (AvgIpc) is 2.90. The van der Waals surface area contributed by atoms with Crippen LogP contribution in [0.2, 0.25) is 0 Å². The Bertz CT molecular complexity index is 1330. The number of hydrogen-bond donors (Lipinski definition) is 3. The number of para-hydroxylation sites is 4. The first-order chi connectivity index (χ1) is 18.8. The summed E-state index contributed by atoms with van der Waals surface area (Å²) in [5.74, 6) is -4.09. The highest BCUT2D eigenvalue weighted by Gasteiger charge is 2.56. The summed E-state index contributed by atoms with van der Waals surface area (Å²) in [6, 6.07) is 17.3. The van der Waals surface area contributed by atoms with E-state index >= 15 is 0 Å². The van der Waals surface area contributed by atoms with E-state index in [9.17, 15) is 19.5 Å². The third-order valence-electron chi connectivity index (χ3n) is 6.79. The van der Waals surface area contributed by atoms with Crippen molar-refractivity contribution in [3.8, 4) is 11.5 Å². The number of hydrogen-bond acceptors (Lipinski definition) is 7. The van der Waals surface area contributed by atoms with Gasteiger partial charge in [-0.2, -0.15) is 0 Å². The summed E-state index contributed by atoms with van der Waals surface area (Å²) in [6.07, 6.45) is 2.70. The maximum absolute atomic E-state index is 13.9. The summed E-state index contributed by atoms with van der Waals surface area (Å²) < 4.78 is 11.3. The van der Waals surface area contributed by atoms with Crippen LogP contribution < -0.4 is 20.1 Å². The Kier molecular flexibility index (Phi) is 8.61. The number of amides is 2. The van der Waals surface area contributed by atoms with Crippen molar-refractivity contribution >= 4 is 29.0 Å². The third kappa shape index (κ3) is 6.09. The molecule has 3 N–H and O–H groups in total. The van der Waals surface area contributed by atoms with Gasteiger partial charge in [0.05, 0.1) is 36.1 Å². The van der Waals surface area contributed by atoms with E-state index in [4.69, 9.17) is 9.47 Å². The van der Waals surface area contributed by atoms with Crippen molar-refractivity contribution in [3.63, 3.8) is 0 Å². The number of benzene rings is 2.